The first kappa shape index (κ1) is 22.7. The van der Waals surface area contributed by atoms with Crippen LogP contribution < -0.4 is 10.9 Å². The number of hydrogen-bond acceptors (Lipinski definition) is 3. The van der Waals surface area contributed by atoms with E-state index in [0.717, 1.165) is 22.9 Å². The number of amides is 1. The highest BCUT2D eigenvalue weighted by Crippen LogP contribution is 2.36. The van der Waals surface area contributed by atoms with Gasteiger partial charge in [0.2, 0.25) is 0 Å². The molecule has 1 amide bonds. The highest BCUT2D eigenvalue weighted by molar-refractivity contribution is 5.92. The van der Waals surface area contributed by atoms with Crippen LogP contribution >= 0.6 is 0 Å². The lowest BCUT2D eigenvalue weighted by molar-refractivity contribution is -0.140. The van der Waals surface area contributed by atoms with Crippen LogP contribution in [-0.4, -0.2) is 26.8 Å². The monoisotopic (exact) mass is 455 g/mol. The third-order valence-electron chi connectivity index (χ3n) is 4.41. The van der Waals surface area contributed by atoms with Crippen molar-refractivity contribution < 1.29 is 36.6 Å². The molecule has 1 heterocycles. The maximum atomic E-state index is 13.7. The fourth-order valence-electron chi connectivity index (χ4n) is 3.05. The fourth-order valence-corrected chi connectivity index (χ4v) is 3.05. The van der Waals surface area contributed by atoms with E-state index in [2.05, 4.69) is 10.4 Å². The number of H-pyrrole nitrogens is 1. The molecule has 0 spiro atoms. The number of carbonyl (C=O) groups is 2. The predicted molar refractivity (Wildman–Crippen MR) is 100 cm³/mol. The number of aliphatic carboxylic acids is 1. The van der Waals surface area contributed by atoms with E-state index in [9.17, 15) is 36.3 Å². The van der Waals surface area contributed by atoms with E-state index in [1.807, 2.05) is 0 Å². The normalized spacial score (nSPS) is 12.4. The molecule has 7 nitrogen and oxygen atoms in total. The zero-order valence-electron chi connectivity index (χ0n) is 15.9. The van der Waals surface area contributed by atoms with E-state index in [1.165, 1.54) is 12.1 Å². The van der Waals surface area contributed by atoms with Gasteiger partial charge < -0.3 is 10.4 Å². The van der Waals surface area contributed by atoms with Gasteiger partial charge in [-0.2, -0.15) is 13.2 Å². The number of alkyl halides is 3. The molecule has 0 saturated carbocycles. The van der Waals surface area contributed by atoms with Crippen LogP contribution in [0.15, 0.2) is 53.3 Å². The second-order valence-electron chi connectivity index (χ2n) is 6.68. The number of nitrogens with zero attached hydrogens (tertiary/aromatic N) is 1. The van der Waals surface area contributed by atoms with Crippen LogP contribution in [0.2, 0.25) is 0 Å². The number of nitrogens with one attached hydrogen (secondary N) is 2. The van der Waals surface area contributed by atoms with Gasteiger partial charge in [0, 0.05) is 6.07 Å². The highest BCUT2D eigenvalue weighted by atomic mass is 19.4. The van der Waals surface area contributed by atoms with Gasteiger partial charge in [-0.15, -0.1) is 0 Å². The summed E-state index contributed by atoms with van der Waals surface area (Å²) in [6.45, 7) is 0. The van der Waals surface area contributed by atoms with Gasteiger partial charge >= 0.3 is 12.1 Å². The molecule has 32 heavy (non-hydrogen) atoms. The quantitative estimate of drug-likeness (QED) is 0.496. The summed E-state index contributed by atoms with van der Waals surface area (Å²) < 4.78 is 67.9. The summed E-state index contributed by atoms with van der Waals surface area (Å²) in [5.74, 6) is -4.41. The number of carbonyl (C=O) groups excluding carboxylic acids is 1. The van der Waals surface area contributed by atoms with E-state index < -0.39 is 64.5 Å². The number of hydrogen-bond donors (Lipinski definition) is 3. The average molecular weight is 455 g/mol. The Morgan fingerprint density at radius 2 is 1.75 bits per heavy atom. The molecule has 168 valence electrons. The number of halogens is 5. The number of aromatic amines is 1. The molecule has 1 atom stereocenters. The van der Waals surface area contributed by atoms with Gasteiger partial charge in [0.1, 0.15) is 17.3 Å². The van der Waals surface area contributed by atoms with Crippen LogP contribution in [-0.2, 0) is 11.0 Å². The van der Waals surface area contributed by atoms with Crippen molar-refractivity contribution in [3.8, 4) is 5.69 Å². The van der Waals surface area contributed by atoms with Crippen molar-refractivity contribution in [1.29, 1.82) is 0 Å². The molecule has 1 aromatic heterocycles. The zero-order chi connectivity index (χ0) is 23.6. The minimum absolute atomic E-state index is 0.0422. The Morgan fingerprint density at radius 1 is 1.06 bits per heavy atom. The number of rotatable bonds is 6. The molecular weight excluding hydrogens is 441 g/mol. The van der Waals surface area contributed by atoms with Gasteiger partial charge in [0.25, 0.3) is 11.5 Å². The summed E-state index contributed by atoms with van der Waals surface area (Å²) in [4.78, 5) is 35.9. The summed E-state index contributed by atoms with van der Waals surface area (Å²) in [6, 6.07) is 5.30. The van der Waals surface area contributed by atoms with E-state index in [0.29, 0.717) is 18.2 Å². The minimum Gasteiger partial charge on any atom is -0.481 e. The van der Waals surface area contributed by atoms with E-state index in [4.69, 9.17) is 5.11 Å². The average Bonchev–Trinajstić information content (AvgIpc) is 3.08. The second-order valence-corrected chi connectivity index (χ2v) is 6.68. The van der Waals surface area contributed by atoms with Crippen molar-refractivity contribution in [1.82, 2.24) is 15.1 Å². The first-order chi connectivity index (χ1) is 15.0. The molecule has 12 heteroatoms. The molecular formula is C20H14F5N3O4. The smallest absolute Gasteiger partial charge is 0.416 e. The zero-order valence-corrected chi connectivity index (χ0v) is 15.9. The number of aromatic nitrogens is 2. The standard InChI is InChI=1S/C20H14F5N3O4/c21-10-2-1-3-12(6-10)28-17(29)8-16(27-28)19(32)26-15(9-18(30)31)13-7-11(22)4-5-14(13)20(23,24)25/h1-8,15,27H,9H2,(H,26,32)(H,30,31). The Kier molecular flexibility index (Phi) is 6.14. The maximum absolute atomic E-state index is 13.7. The third-order valence-corrected chi connectivity index (χ3v) is 4.41. The molecule has 0 fully saturated rings. The van der Waals surface area contributed by atoms with Crippen LogP contribution in [0.5, 0.6) is 0 Å². The summed E-state index contributed by atoms with van der Waals surface area (Å²) >= 11 is 0. The molecule has 3 aromatic rings. The molecule has 3 N–H and O–H groups in total. The lowest BCUT2D eigenvalue weighted by Crippen LogP contribution is -2.32. The molecule has 0 aliphatic heterocycles. The Bertz CT molecular complexity index is 1230. The number of benzene rings is 2. The summed E-state index contributed by atoms with van der Waals surface area (Å²) in [5.41, 5.74) is -3.28. The lowest BCUT2D eigenvalue weighted by atomic mass is 9.97. The van der Waals surface area contributed by atoms with Crippen molar-refractivity contribution >= 4 is 11.9 Å². The van der Waals surface area contributed by atoms with E-state index in [1.54, 1.807) is 0 Å². The summed E-state index contributed by atoms with van der Waals surface area (Å²) in [5, 5.41) is 13.5. The fraction of sp³-hybridized carbons (Fsp3) is 0.150. The Hall–Kier alpha value is -3.96. The van der Waals surface area contributed by atoms with Crippen LogP contribution in [0.3, 0.4) is 0 Å². The highest BCUT2D eigenvalue weighted by Gasteiger charge is 2.36. The topological polar surface area (TPSA) is 104 Å². The minimum atomic E-state index is -4.94. The SMILES string of the molecule is O=C(O)CC(NC(=O)c1cc(=O)n(-c2cccc(F)c2)[nH]1)c1cc(F)ccc1C(F)(F)F. The predicted octanol–water partition coefficient (Wildman–Crippen LogP) is 3.41. The number of carboxylic acids is 1. The Balaban J connectivity index is 1.97. The third kappa shape index (κ3) is 5.02. The van der Waals surface area contributed by atoms with E-state index >= 15 is 0 Å². The van der Waals surface area contributed by atoms with Gasteiger partial charge in [-0.25, -0.2) is 13.5 Å². The molecule has 0 saturated heterocycles. The van der Waals surface area contributed by atoms with Crippen LogP contribution in [0.1, 0.15) is 34.1 Å². The molecule has 2 aromatic carbocycles. The molecule has 0 radical (unpaired) electrons. The van der Waals surface area contributed by atoms with Crippen molar-refractivity contribution in [3.63, 3.8) is 0 Å². The number of carboxylic acid groups (broad SMARTS) is 1. The first-order valence-electron chi connectivity index (χ1n) is 8.93. The van der Waals surface area contributed by atoms with Crippen molar-refractivity contribution in [2.24, 2.45) is 0 Å². The Morgan fingerprint density at radius 3 is 2.38 bits per heavy atom. The van der Waals surface area contributed by atoms with Gasteiger partial charge in [-0.05, 0) is 42.0 Å². The van der Waals surface area contributed by atoms with Gasteiger partial charge in [-0.3, -0.25) is 19.5 Å². The van der Waals surface area contributed by atoms with Crippen molar-refractivity contribution in [2.75, 3.05) is 0 Å². The summed E-state index contributed by atoms with van der Waals surface area (Å²) in [7, 11) is 0. The van der Waals surface area contributed by atoms with Gasteiger partial charge in [0.05, 0.1) is 23.7 Å². The largest absolute Gasteiger partial charge is 0.481 e. The van der Waals surface area contributed by atoms with Gasteiger partial charge in [0.15, 0.2) is 0 Å². The van der Waals surface area contributed by atoms with Crippen molar-refractivity contribution in [2.45, 2.75) is 18.6 Å². The Labute approximate surface area is 176 Å². The second kappa shape index (κ2) is 8.65. The first-order valence-corrected chi connectivity index (χ1v) is 8.93. The van der Waals surface area contributed by atoms with Crippen LogP contribution in [0.4, 0.5) is 22.0 Å². The van der Waals surface area contributed by atoms with Crippen molar-refractivity contribution in [3.05, 3.63) is 87.3 Å². The maximum Gasteiger partial charge on any atom is 0.416 e. The van der Waals surface area contributed by atoms with E-state index in [-0.39, 0.29) is 5.69 Å². The van der Waals surface area contributed by atoms with Gasteiger partial charge in [-0.1, -0.05) is 6.07 Å². The lowest BCUT2D eigenvalue weighted by Gasteiger charge is -2.21. The molecule has 0 bridgehead atoms. The molecule has 3 rings (SSSR count). The molecule has 0 aliphatic rings. The summed E-state index contributed by atoms with van der Waals surface area (Å²) in [6.07, 6.45) is -5.94. The van der Waals surface area contributed by atoms with Crippen LogP contribution in [0.25, 0.3) is 5.69 Å². The molecule has 0 aliphatic carbocycles. The molecule has 1 unspecified atom stereocenters. The van der Waals surface area contributed by atoms with Crippen LogP contribution in [0, 0.1) is 11.6 Å².